The average Bonchev–Trinajstić information content (AvgIpc) is 2.37. The van der Waals surface area contributed by atoms with E-state index >= 15 is 0 Å². The molecule has 0 spiro atoms. The highest BCUT2D eigenvalue weighted by atomic mass is 16.5. The van der Waals surface area contributed by atoms with Crippen LogP contribution in [0.25, 0.3) is 0 Å². The Bertz CT molecular complexity index is 346. The van der Waals surface area contributed by atoms with Crippen molar-refractivity contribution in [3.05, 3.63) is 35.9 Å². The van der Waals surface area contributed by atoms with Gasteiger partial charge in [-0.3, -0.25) is 4.79 Å². The highest BCUT2D eigenvalue weighted by Gasteiger charge is 2.17. The molecule has 1 aromatic carbocycles. The van der Waals surface area contributed by atoms with Crippen molar-refractivity contribution in [3.8, 4) is 0 Å². The van der Waals surface area contributed by atoms with Gasteiger partial charge in [0.25, 0.3) is 0 Å². The number of Topliss-reactive ketones (excluding diaryl/α,β-unsaturated/α-hetero) is 1. The van der Waals surface area contributed by atoms with Crippen LogP contribution in [0, 0.1) is 5.92 Å². The van der Waals surface area contributed by atoms with Crippen LogP contribution in [0.5, 0.6) is 0 Å². The van der Waals surface area contributed by atoms with Crippen LogP contribution >= 0.6 is 0 Å². The van der Waals surface area contributed by atoms with Crippen LogP contribution < -0.4 is 0 Å². The van der Waals surface area contributed by atoms with E-state index in [2.05, 4.69) is 0 Å². The SMILES string of the molecule is COCC(CC=O)C(=O)CCc1ccccc1. The fourth-order valence-electron chi connectivity index (χ4n) is 1.73. The molecule has 3 nitrogen and oxygen atoms in total. The molecule has 0 amide bonds. The Hall–Kier alpha value is -1.48. The Labute approximate surface area is 102 Å². The van der Waals surface area contributed by atoms with Gasteiger partial charge in [0.2, 0.25) is 0 Å². The number of hydrogen-bond donors (Lipinski definition) is 0. The van der Waals surface area contributed by atoms with Gasteiger partial charge in [-0.25, -0.2) is 0 Å². The molecule has 1 aromatic rings. The van der Waals surface area contributed by atoms with E-state index in [1.165, 1.54) is 0 Å². The van der Waals surface area contributed by atoms with Gasteiger partial charge in [-0.05, 0) is 12.0 Å². The van der Waals surface area contributed by atoms with Gasteiger partial charge in [-0.2, -0.15) is 0 Å². The molecule has 1 unspecified atom stereocenters. The molecule has 17 heavy (non-hydrogen) atoms. The number of aryl methyl sites for hydroxylation is 1. The molecule has 0 saturated carbocycles. The van der Waals surface area contributed by atoms with Gasteiger partial charge in [0.15, 0.2) is 0 Å². The number of ketones is 1. The summed E-state index contributed by atoms with van der Waals surface area (Å²) in [7, 11) is 1.54. The van der Waals surface area contributed by atoms with E-state index in [9.17, 15) is 9.59 Å². The van der Waals surface area contributed by atoms with Gasteiger partial charge in [0, 0.05) is 25.9 Å². The maximum Gasteiger partial charge on any atom is 0.139 e. The molecule has 0 heterocycles. The first-order valence-corrected chi connectivity index (χ1v) is 5.77. The molecule has 0 aliphatic rings. The lowest BCUT2D eigenvalue weighted by molar-refractivity contribution is -0.126. The molecule has 92 valence electrons. The second kappa shape index (κ2) is 7.74. The molecule has 3 heteroatoms. The number of carbonyl (C=O) groups is 2. The van der Waals surface area contributed by atoms with Crippen LogP contribution in [0.3, 0.4) is 0 Å². The van der Waals surface area contributed by atoms with Crippen LogP contribution in [0.2, 0.25) is 0 Å². The fraction of sp³-hybridized carbons (Fsp3) is 0.429. The van der Waals surface area contributed by atoms with Gasteiger partial charge in [0.05, 0.1) is 6.61 Å². The molecule has 0 radical (unpaired) electrons. The molecule has 0 aliphatic heterocycles. The lowest BCUT2D eigenvalue weighted by Crippen LogP contribution is -2.20. The minimum atomic E-state index is -0.291. The van der Waals surface area contributed by atoms with Gasteiger partial charge in [-0.1, -0.05) is 30.3 Å². The Morgan fingerprint density at radius 3 is 2.65 bits per heavy atom. The van der Waals surface area contributed by atoms with E-state index in [4.69, 9.17) is 4.74 Å². The van der Waals surface area contributed by atoms with Crippen molar-refractivity contribution in [1.29, 1.82) is 0 Å². The second-order valence-corrected chi connectivity index (χ2v) is 4.01. The van der Waals surface area contributed by atoms with Crippen molar-refractivity contribution < 1.29 is 14.3 Å². The summed E-state index contributed by atoms with van der Waals surface area (Å²) < 4.78 is 4.95. The van der Waals surface area contributed by atoms with E-state index in [1.807, 2.05) is 30.3 Å². The van der Waals surface area contributed by atoms with Crippen LogP contribution in [0.4, 0.5) is 0 Å². The summed E-state index contributed by atoms with van der Waals surface area (Å²) in [5.41, 5.74) is 1.14. The first-order chi connectivity index (χ1) is 8.27. The molecule has 0 N–H and O–H groups in total. The number of rotatable bonds is 8. The number of methoxy groups -OCH3 is 1. The van der Waals surface area contributed by atoms with Crippen molar-refractivity contribution in [2.24, 2.45) is 5.92 Å². The van der Waals surface area contributed by atoms with Gasteiger partial charge in [-0.15, -0.1) is 0 Å². The Kier molecular flexibility index (Phi) is 6.18. The predicted molar refractivity (Wildman–Crippen MR) is 65.8 cm³/mol. The zero-order valence-electron chi connectivity index (χ0n) is 10.1. The van der Waals surface area contributed by atoms with Crippen LogP contribution in [-0.4, -0.2) is 25.8 Å². The zero-order chi connectivity index (χ0) is 12.5. The zero-order valence-corrected chi connectivity index (χ0v) is 10.1. The molecule has 0 bridgehead atoms. The Balaban J connectivity index is 2.44. The Morgan fingerprint density at radius 1 is 1.35 bits per heavy atom. The summed E-state index contributed by atoms with van der Waals surface area (Å²) in [6, 6.07) is 9.86. The molecule has 1 atom stereocenters. The fourth-order valence-corrected chi connectivity index (χ4v) is 1.73. The second-order valence-electron chi connectivity index (χ2n) is 4.01. The van der Waals surface area contributed by atoms with Gasteiger partial charge in [0.1, 0.15) is 12.1 Å². The highest BCUT2D eigenvalue weighted by molar-refractivity contribution is 5.83. The summed E-state index contributed by atoms with van der Waals surface area (Å²) in [5, 5.41) is 0. The van der Waals surface area contributed by atoms with Crippen molar-refractivity contribution in [2.75, 3.05) is 13.7 Å². The van der Waals surface area contributed by atoms with E-state index in [0.29, 0.717) is 13.0 Å². The summed E-state index contributed by atoms with van der Waals surface area (Å²) in [6.45, 7) is 0.326. The number of carbonyl (C=O) groups excluding carboxylic acids is 2. The highest BCUT2D eigenvalue weighted by Crippen LogP contribution is 2.10. The average molecular weight is 234 g/mol. The van der Waals surface area contributed by atoms with E-state index < -0.39 is 0 Å². The summed E-state index contributed by atoms with van der Waals surface area (Å²) in [5.74, 6) is -0.191. The van der Waals surface area contributed by atoms with Crippen molar-refractivity contribution in [2.45, 2.75) is 19.3 Å². The van der Waals surface area contributed by atoms with Gasteiger partial charge >= 0.3 is 0 Å². The van der Waals surface area contributed by atoms with E-state index in [1.54, 1.807) is 7.11 Å². The first-order valence-electron chi connectivity index (χ1n) is 5.77. The van der Waals surface area contributed by atoms with Crippen molar-refractivity contribution >= 4 is 12.1 Å². The third-order valence-corrected chi connectivity index (χ3v) is 2.71. The molecule has 0 aliphatic carbocycles. The third kappa shape index (κ3) is 4.91. The summed E-state index contributed by atoms with van der Waals surface area (Å²) >= 11 is 0. The predicted octanol–water partition coefficient (Wildman–Crippen LogP) is 2.04. The standard InChI is InChI=1S/C14H18O3/c1-17-11-13(9-10-15)14(16)8-7-12-5-3-2-4-6-12/h2-6,10,13H,7-9,11H2,1H3. The lowest BCUT2D eigenvalue weighted by Gasteiger charge is -2.11. The normalized spacial score (nSPS) is 12.1. The lowest BCUT2D eigenvalue weighted by atomic mass is 9.96. The number of ether oxygens (including phenoxy) is 1. The maximum absolute atomic E-state index is 11.9. The first kappa shape index (κ1) is 13.6. The van der Waals surface area contributed by atoms with Crippen molar-refractivity contribution in [1.82, 2.24) is 0 Å². The third-order valence-electron chi connectivity index (χ3n) is 2.71. The molecule has 0 saturated heterocycles. The van der Waals surface area contributed by atoms with Crippen LogP contribution in [0.1, 0.15) is 18.4 Å². The number of benzene rings is 1. The van der Waals surface area contributed by atoms with Crippen molar-refractivity contribution in [3.63, 3.8) is 0 Å². The van der Waals surface area contributed by atoms with E-state index in [-0.39, 0.29) is 18.1 Å². The van der Waals surface area contributed by atoms with E-state index in [0.717, 1.165) is 18.3 Å². The Morgan fingerprint density at radius 2 is 2.06 bits per heavy atom. The quantitative estimate of drug-likeness (QED) is 0.646. The largest absolute Gasteiger partial charge is 0.384 e. The topological polar surface area (TPSA) is 43.4 Å². The minimum Gasteiger partial charge on any atom is -0.384 e. The smallest absolute Gasteiger partial charge is 0.139 e. The molecule has 1 rings (SSSR count). The molecule has 0 fully saturated rings. The molecule has 0 aromatic heterocycles. The van der Waals surface area contributed by atoms with Gasteiger partial charge < -0.3 is 9.53 Å². The minimum absolute atomic E-state index is 0.0998. The summed E-state index contributed by atoms with van der Waals surface area (Å²) in [4.78, 5) is 22.3. The molecular formula is C14H18O3. The van der Waals surface area contributed by atoms with Crippen LogP contribution in [-0.2, 0) is 20.7 Å². The molecular weight excluding hydrogens is 216 g/mol. The number of aldehydes is 1. The monoisotopic (exact) mass is 234 g/mol. The maximum atomic E-state index is 11.9. The number of hydrogen-bond acceptors (Lipinski definition) is 3. The summed E-state index contributed by atoms with van der Waals surface area (Å²) in [6.07, 6.45) is 2.22. The van der Waals surface area contributed by atoms with Crippen LogP contribution in [0.15, 0.2) is 30.3 Å².